The van der Waals surface area contributed by atoms with Gasteiger partial charge in [-0.1, -0.05) is 18.2 Å². The monoisotopic (exact) mass is 314 g/mol. The molecule has 0 atom stereocenters. The number of carbonyl (C=O) groups is 1. The van der Waals surface area contributed by atoms with Gasteiger partial charge in [0.25, 0.3) is 5.91 Å². The number of methoxy groups -OCH3 is 1. The minimum atomic E-state index is -0.188. The summed E-state index contributed by atoms with van der Waals surface area (Å²) in [5.41, 5.74) is 1.23. The van der Waals surface area contributed by atoms with Crippen molar-refractivity contribution < 1.29 is 13.9 Å². The molecular formula is C16H14N2O3S. The Morgan fingerprint density at radius 1 is 1.32 bits per heavy atom. The van der Waals surface area contributed by atoms with Gasteiger partial charge in [-0.2, -0.15) is 0 Å². The third-order valence-electron chi connectivity index (χ3n) is 3.30. The van der Waals surface area contributed by atoms with Crippen LogP contribution in [0, 0.1) is 0 Å². The van der Waals surface area contributed by atoms with E-state index < -0.39 is 0 Å². The minimum absolute atomic E-state index is 0.188. The number of rotatable bonds is 4. The SMILES string of the molecule is COc1ccccc1/C=C1\NC(=S)N(Cc2ccco2)C1=O. The predicted molar refractivity (Wildman–Crippen MR) is 86.0 cm³/mol. The van der Waals surface area contributed by atoms with Crippen molar-refractivity contribution in [2.75, 3.05) is 7.11 Å². The molecule has 112 valence electrons. The Morgan fingerprint density at radius 2 is 2.14 bits per heavy atom. The molecule has 1 aromatic heterocycles. The van der Waals surface area contributed by atoms with Gasteiger partial charge in [-0.25, -0.2) is 0 Å². The molecule has 1 aromatic carbocycles. The predicted octanol–water partition coefficient (Wildman–Crippen LogP) is 2.55. The smallest absolute Gasteiger partial charge is 0.276 e. The van der Waals surface area contributed by atoms with Gasteiger partial charge in [0, 0.05) is 5.56 Å². The zero-order valence-corrected chi connectivity index (χ0v) is 12.7. The average Bonchev–Trinajstić information content (AvgIpc) is 3.12. The summed E-state index contributed by atoms with van der Waals surface area (Å²) in [6, 6.07) is 11.0. The van der Waals surface area contributed by atoms with Crippen LogP contribution in [0.25, 0.3) is 6.08 Å². The van der Waals surface area contributed by atoms with Gasteiger partial charge in [-0.05, 0) is 36.5 Å². The summed E-state index contributed by atoms with van der Waals surface area (Å²) in [6.07, 6.45) is 3.30. The lowest BCUT2D eigenvalue weighted by Gasteiger charge is -2.11. The second kappa shape index (κ2) is 6.03. The van der Waals surface area contributed by atoms with E-state index in [1.54, 1.807) is 31.6 Å². The van der Waals surface area contributed by atoms with Crippen LogP contribution in [-0.2, 0) is 11.3 Å². The van der Waals surface area contributed by atoms with E-state index in [1.165, 1.54) is 4.90 Å². The highest BCUT2D eigenvalue weighted by Gasteiger charge is 2.31. The van der Waals surface area contributed by atoms with Crippen molar-refractivity contribution in [2.24, 2.45) is 0 Å². The molecule has 0 unspecified atom stereocenters. The molecule has 1 N–H and O–H groups in total. The third kappa shape index (κ3) is 2.73. The number of hydrogen-bond acceptors (Lipinski definition) is 4. The van der Waals surface area contributed by atoms with Crippen LogP contribution in [0.5, 0.6) is 5.75 Å². The van der Waals surface area contributed by atoms with Crippen LogP contribution in [-0.4, -0.2) is 23.0 Å². The highest BCUT2D eigenvalue weighted by atomic mass is 32.1. The number of benzene rings is 1. The van der Waals surface area contributed by atoms with E-state index in [2.05, 4.69) is 5.32 Å². The van der Waals surface area contributed by atoms with Crippen LogP contribution in [0.1, 0.15) is 11.3 Å². The number of nitrogens with one attached hydrogen (secondary N) is 1. The average molecular weight is 314 g/mol. The maximum absolute atomic E-state index is 12.5. The topological polar surface area (TPSA) is 54.7 Å². The first kappa shape index (κ1) is 14.3. The van der Waals surface area contributed by atoms with E-state index in [-0.39, 0.29) is 5.91 Å². The van der Waals surface area contributed by atoms with Crippen molar-refractivity contribution >= 4 is 29.3 Å². The molecule has 3 rings (SSSR count). The molecule has 0 spiro atoms. The van der Waals surface area contributed by atoms with Crippen molar-refractivity contribution in [3.63, 3.8) is 0 Å². The first-order valence-corrected chi connectivity index (χ1v) is 7.10. The standard InChI is InChI=1S/C16H14N2O3S/c1-20-14-7-3-2-5-11(14)9-13-15(19)18(16(22)17-13)10-12-6-4-8-21-12/h2-9H,10H2,1H3,(H,17,22)/b13-9-. The van der Waals surface area contributed by atoms with Gasteiger partial charge in [0.1, 0.15) is 17.2 Å². The maximum atomic E-state index is 12.5. The van der Waals surface area contributed by atoms with Gasteiger partial charge in [-0.15, -0.1) is 0 Å². The quantitative estimate of drug-likeness (QED) is 0.694. The molecular weight excluding hydrogens is 300 g/mol. The Balaban J connectivity index is 1.85. The van der Waals surface area contributed by atoms with Gasteiger partial charge in [0.2, 0.25) is 0 Å². The van der Waals surface area contributed by atoms with Crippen LogP contribution in [0.4, 0.5) is 0 Å². The Kier molecular flexibility index (Phi) is 3.93. The summed E-state index contributed by atoms with van der Waals surface area (Å²) in [6.45, 7) is 0.306. The fourth-order valence-corrected chi connectivity index (χ4v) is 2.47. The maximum Gasteiger partial charge on any atom is 0.276 e. The Hall–Kier alpha value is -2.60. The molecule has 0 saturated carbocycles. The van der Waals surface area contributed by atoms with Crippen LogP contribution in [0.2, 0.25) is 0 Å². The molecule has 2 aromatic rings. The lowest BCUT2D eigenvalue weighted by atomic mass is 10.1. The van der Waals surface area contributed by atoms with Crippen molar-refractivity contribution in [3.05, 3.63) is 59.7 Å². The molecule has 1 saturated heterocycles. The first-order valence-electron chi connectivity index (χ1n) is 6.69. The normalized spacial score (nSPS) is 16.2. The van der Waals surface area contributed by atoms with E-state index in [0.717, 1.165) is 5.56 Å². The first-order chi connectivity index (χ1) is 10.7. The van der Waals surface area contributed by atoms with Crippen LogP contribution in [0.3, 0.4) is 0 Å². The zero-order valence-electron chi connectivity index (χ0n) is 11.9. The highest BCUT2D eigenvalue weighted by molar-refractivity contribution is 7.80. The minimum Gasteiger partial charge on any atom is -0.496 e. The fourth-order valence-electron chi connectivity index (χ4n) is 2.21. The number of furan rings is 1. The number of carbonyl (C=O) groups excluding carboxylic acids is 1. The summed E-state index contributed by atoms with van der Waals surface area (Å²) in [5, 5.41) is 3.30. The number of thiocarbonyl (C=S) groups is 1. The summed E-state index contributed by atoms with van der Waals surface area (Å²) in [5.74, 6) is 1.18. The summed E-state index contributed by atoms with van der Waals surface area (Å²) in [4.78, 5) is 13.9. The third-order valence-corrected chi connectivity index (χ3v) is 3.62. The molecule has 1 aliphatic heterocycles. The molecule has 1 aliphatic rings. The number of ether oxygens (including phenoxy) is 1. The van der Waals surface area contributed by atoms with E-state index >= 15 is 0 Å². The molecule has 2 heterocycles. The fraction of sp³-hybridized carbons (Fsp3) is 0.125. The summed E-state index contributed by atoms with van der Waals surface area (Å²) in [7, 11) is 1.59. The van der Waals surface area contributed by atoms with Gasteiger partial charge in [-0.3, -0.25) is 9.69 Å². The molecule has 1 fully saturated rings. The largest absolute Gasteiger partial charge is 0.496 e. The van der Waals surface area contributed by atoms with E-state index in [9.17, 15) is 4.79 Å². The Labute approximate surface area is 133 Å². The highest BCUT2D eigenvalue weighted by Crippen LogP contribution is 2.23. The number of nitrogens with zero attached hydrogens (tertiary/aromatic N) is 1. The molecule has 6 heteroatoms. The van der Waals surface area contributed by atoms with E-state index in [0.29, 0.717) is 28.9 Å². The lowest BCUT2D eigenvalue weighted by Crippen LogP contribution is -2.29. The molecule has 0 aliphatic carbocycles. The van der Waals surface area contributed by atoms with E-state index in [4.69, 9.17) is 21.4 Å². The number of amides is 1. The summed E-state index contributed by atoms with van der Waals surface area (Å²) < 4.78 is 10.5. The second-order valence-electron chi connectivity index (χ2n) is 4.70. The van der Waals surface area contributed by atoms with Crippen LogP contribution < -0.4 is 10.1 Å². The van der Waals surface area contributed by atoms with E-state index in [1.807, 2.05) is 24.3 Å². The Morgan fingerprint density at radius 3 is 2.86 bits per heavy atom. The van der Waals surface area contributed by atoms with Gasteiger partial charge in [0.05, 0.1) is 19.9 Å². The molecule has 0 radical (unpaired) electrons. The summed E-state index contributed by atoms with van der Waals surface area (Å²) >= 11 is 5.23. The molecule has 1 amide bonds. The zero-order chi connectivity index (χ0) is 15.5. The number of hydrogen-bond donors (Lipinski definition) is 1. The van der Waals surface area contributed by atoms with Crippen LogP contribution >= 0.6 is 12.2 Å². The van der Waals surface area contributed by atoms with Crippen molar-refractivity contribution in [1.29, 1.82) is 0 Å². The van der Waals surface area contributed by atoms with Gasteiger partial charge < -0.3 is 14.5 Å². The van der Waals surface area contributed by atoms with Gasteiger partial charge >= 0.3 is 0 Å². The van der Waals surface area contributed by atoms with Crippen molar-refractivity contribution in [1.82, 2.24) is 10.2 Å². The molecule has 5 nitrogen and oxygen atoms in total. The second-order valence-corrected chi connectivity index (χ2v) is 5.09. The van der Waals surface area contributed by atoms with Crippen LogP contribution in [0.15, 0.2) is 52.8 Å². The Bertz CT molecular complexity index is 738. The lowest BCUT2D eigenvalue weighted by molar-refractivity contribution is -0.122. The van der Waals surface area contributed by atoms with Gasteiger partial charge in [0.15, 0.2) is 5.11 Å². The van der Waals surface area contributed by atoms with Crippen molar-refractivity contribution in [2.45, 2.75) is 6.54 Å². The number of para-hydroxylation sites is 1. The molecule has 0 bridgehead atoms. The molecule has 22 heavy (non-hydrogen) atoms. The van der Waals surface area contributed by atoms with Crippen molar-refractivity contribution in [3.8, 4) is 5.75 Å².